The lowest BCUT2D eigenvalue weighted by molar-refractivity contribution is 0.0697. The molecule has 0 unspecified atom stereocenters. The highest BCUT2D eigenvalue weighted by Gasteiger charge is 2.23. The molecule has 1 aliphatic carbocycles. The minimum absolute atomic E-state index is 0.170. The van der Waals surface area contributed by atoms with E-state index in [1.165, 1.54) is 36.0 Å². The number of carbonyl (C=O) groups is 1. The monoisotopic (exact) mass is 495 g/mol. The Hall–Kier alpha value is -3.44. The minimum Gasteiger partial charge on any atom is -0.478 e. The molecule has 0 bridgehead atoms. The number of nitrogens with zero attached hydrogens (tertiary/aromatic N) is 2. The summed E-state index contributed by atoms with van der Waals surface area (Å²) >= 11 is 0. The van der Waals surface area contributed by atoms with Gasteiger partial charge in [0.15, 0.2) is 0 Å². The maximum atomic E-state index is 11.5. The average molecular weight is 496 g/mol. The number of carboxylic acids is 1. The van der Waals surface area contributed by atoms with Crippen LogP contribution in [0.5, 0.6) is 0 Å². The number of aromatic nitrogens is 2. The van der Waals surface area contributed by atoms with Gasteiger partial charge in [-0.2, -0.15) is 0 Å². The number of fused-ring (bicyclic) bond motifs is 1. The Balaban J connectivity index is 1.33. The lowest BCUT2D eigenvalue weighted by atomic mass is 9.87. The molecular formula is C32H37N3O2. The Labute approximate surface area is 219 Å². The van der Waals surface area contributed by atoms with Gasteiger partial charge in [0.1, 0.15) is 5.82 Å². The van der Waals surface area contributed by atoms with E-state index in [1.54, 1.807) is 12.1 Å². The van der Waals surface area contributed by atoms with Crippen LogP contribution in [0.3, 0.4) is 0 Å². The number of nitrogens with one attached hydrogen (secondary N) is 1. The van der Waals surface area contributed by atoms with Crippen LogP contribution in [0.25, 0.3) is 22.4 Å². The van der Waals surface area contributed by atoms with Crippen molar-refractivity contribution in [1.82, 2.24) is 14.9 Å². The molecule has 3 aromatic carbocycles. The SMILES string of the molecule is CC(C)(C)c1ccc(CNCc2ccc(-c3nc4cc(C(=O)O)ccc4n3C3CCCCC3)cc2)cc1. The van der Waals surface area contributed by atoms with Crippen LogP contribution in [0.4, 0.5) is 0 Å². The summed E-state index contributed by atoms with van der Waals surface area (Å²) in [7, 11) is 0. The molecule has 1 heterocycles. The normalized spacial score (nSPS) is 14.8. The lowest BCUT2D eigenvalue weighted by Gasteiger charge is -2.25. The first-order chi connectivity index (χ1) is 17.8. The number of hydrogen-bond donors (Lipinski definition) is 2. The first-order valence-electron chi connectivity index (χ1n) is 13.4. The highest BCUT2D eigenvalue weighted by Crippen LogP contribution is 2.36. The average Bonchev–Trinajstić information content (AvgIpc) is 3.28. The number of aromatic carboxylic acids is 1. The van der Waals surface area contributed by atoms with Crippen molar-refractivity contribution in [2.24, 2.45) is 0 Å². The molecule has 37 heavy (non-hydrogen) atoms. The molecular weight excluding hydrogens is 458 g/mol. The molecule has 5 heteroatoms. The molecule has 0 atom stereocenters. The predicted octanol–water partition coefficient (Wildman–Crippen LogP) is 7.49. The second kappa shape index (κ2) is 10.5. The van der Waals surface area contributed by atoms with Gasteiger partial charge in [-0.25, -0.2) is 9.78 Å². The van der Waals surface area contributed by atoms with Crippen LogP contribution in [0.1, 0.15) is 86.0 Å². The third-order valence-corrected chi connectivity index (χ3v) is 7.57. The Kier molecular flexibility index (Phi) is 7.16. The fraction of sp³-hybridized carbons (Fsp3) is 0.375. The van der Waals surface area contributed by atoms with Crippen molar-refractivity contribution in [1.29, 1.82) is 0 Å². The van der Waals surface area contributed by atoms with Gasteiger partial charge >= 0.3 is 5.97 Å². The smallest absolute Gasteiger partial charge is 0.335 e. The van der Waals surface area contributed by atoms with Crippen LogP contribution in [0, 0.1) is 0 Å². The summed E-state index contributed by atoms with van der Waals surface area (Å²) in [5.41, 5.74) is 7.16. The van der Waals surface area contributed by atoms with Crippen LogP contribution in [0.15, 0.2) is 66.7 Å². The highest BCUT2D eigenvalue weighted by molar-refractivity contribution is 5.93. The Morgan fingerprint density at radius 3 is 2.14 bits per heavy atom. The molecule has 2 N–H and O–H groups in total. The third kappa shape index (κ3) is 5.62. The van der Waals surface area contributed by atoms with Crippen LogP contribution in [0.2, 0.25) is 0 Å². The van der Waals surface area contributed by atoms with Gasteiger partial charge in [0, 0.05) is 24.7 Å². The van der Waals surface area contributed by atoms with Gasteiger partial charge in [-0.1, -0.05) is 88.6 Å². The maximum Gasteiger partial charge on any atom is 0.335 e. The van der Waals surface area contributed by atoms with Crippen molar-refractivity contribution >= 4 is 17.0 Å². The second-order valence-electron chi connectivity index (χ2n) is 11.4. The summed E-state index contributed by atoms with van der Waals surface area (Å²) in [6, 6.07) is 23.2. The lowest BCUT2D eigenvalue weighted by Crippen LogP contribution is -2.14. The number of carboxylic acid groups (broad SMARTS) is 1. The molecule has 1 saturated carbocycles. The minimum atomic E-state index is -0.919. The third-order valence-electron chi connectivity index (χ3n) is 7.57. The molecule has 4 aromatic rings. The van der Waals surface area contributed by atoms with E-state index in [2.05, 4.69) is 79.2 Å². The molecule has 1 fully saturated rings. The molecule has 0 saturated heterocycles. The first-order valence-corrected chi connectivity index (χ1v) is 13.4. The van der Waals surface area contributed by atoms with Crippen LogP contribution in [-0.2, 0) is 18.5 Å². The Morgan fingerprint density at radius 2 is 1.54 bits per heavy atom. The summed E-state index contributed by atoms with van der Waals surface area (Å²) in [4.78, 5) is 16.5. The molecule has 0 amide bonds. The summed E-state index contributed by atoms with van der Waals surface area (Å²) in [5, 5.41) is 13.0. The standard InChI is InChI=1S/C32H37N3O2/c1-32(2,3)26-16-11-23(12-17-26)21-33-20-22-9-13-24(14-10-22)30-34-28-19-25(31(36)37)15-18-29(28)35(30)27-7-5-4-6-8-27/h9-19,27,33H,4-8,20-21H2,1-3H3,(H,36,37). The van der Waals surface area contributed by atoms with Crippen molar-refractivity contribution in [3.8, 4) is 11.4 Å². The number of benzene rings is 3. The van der Waals surface area contributed by atoms with Crippen LogP contribution >= 0.6 is 0 Å². The zero-order valence-electron chi connectivity index (χ0n) is 22.1. The maximum absolute atomic E-state index is 11.5. The van der Waals surface area contributed by atoms with Gasteiger partial charge in [0.2, 0.25) is 0 Å². The molecule has 0 radical (unpaired) electrons. The fourth-order valence-corrected chi connectivity index (χ4v) is 5.39. The summed E-state index contributed by atoms with van der Waals surface area (Å²) in [6.45, 7) is 8.34. The van der Waals surface area contributed by atoms with E-state index in [9.17, 15) is 9.90 Å². The van der Waals surface area contributed by atoms with Gasteiger partial charge in [-0.05, 0) is 53.1 Å². The number of imidazole rings is 1. The van der Waals surface area contributed by atoms with Crippen LogP contribution in [-0.4, -0.2) is 20.6 Å². The number of hydrogen-bond acceptors (Lipinski definition) is 3. The van der Waals surface area contributed by atoms with Crippen LogP contribution < -0.4 is 5.32 Å². The Bertz CT molecular complexity index is 1370. The van der Waals surface area contributed by atoms with Gasteiger partial charge in [0.05, 0.1) is 16.6 Å². The molecule has 5 rings (SSSR count). The van der Waals surface area contributed by atoms with Gasteiger partial charge in [-0.3, -0.25) is 0 Å². The van der Waals surface area contributed by atoms with E-state index in [4.69, 9.17) is 4.98 Å². The summed E-state index contributed by atoms with van der Waals surface area (Å²) in [6.07, 6.45) is 6.00. The van der Waals surface area contributed by atoms with E-state index in [0.717, 1.165) is 48.4 Å². The molecule has 0 aliphatic heterocycles. The Morgan fingerprint density at radius 1 is 0.919 bits per heavy atom. The highest BCUT2D eigenvalue weighted by atomic mass is 16.4. The van der Waals surface area contributed by atoms with E-state index in [-0.39, 0.29) is 11.0 Å². The van der Waals surface area contributed by atoms with Crippen molar-refractivity contribution in [2.75, 3.05) is 0 Å². The van der Waals surface area contributed by atoms with Gasteiger partial charge in [-0.15, -0.1) is 0 Å². The second-order valence-corrected chi connectivity index (χ2v) is 11.4. The molecule has 1 aliphatic rings. The van der Waals surface area contributed by atoms with Crippen molar-refractivity contribution < 1.29 is 9.90 Å². The van der Waals surface area contributed by atoms with E-state index in [1.807, 2.05) is 6.07 Å². The zero-order chi connectivity index (χ0) is 26.0. The van der Waals surface area contributed by atoms with Crippen molar-refractivity contribution in [3.63, 3.8) is 0 Å². The van der Waals surface area contributed by atoms with Gasteiger partial charge < -0.3 is 15.0 Å². The molecule has 192 valence electrons. The molecule has 1 aromatic heterocycles. The zero-order valence-corrected chi connectivity index (χ0v) is 22.1. The first kappa shape index (κ1) is 25.2. The van der Waals surface area contributed by atoms with E-state index < -0.39 is 5.97 Å². The van der Waals surface area contributed by atoms with E-state index >= 15 is 0 Å². The predicted molar refractivity (Wildman–Crippen MR) is 150 cm³/mol. The summed E-state index contributed by atoms with van der Waals surface area (Å²) < 4.78 is 2.36. The largest absolute Gasteiger partial charge is 0.478 e. The fourth-order valence-electron chi connectivity index (χ4n) is 5.39. The van der Waals surface area contributed by atoms with Crippen molar-refractivity contribution in [2.45, 2.75) is 77.4 Å². The quantitative estimate of drug-likeness (QED) is 0.279. The van der Waals surface area contributed by atoms with Gasteiger partial charge in [0.25, 0.3) is 0 Å². The number of rotatable bonds is 7. The van der Waals surface area contributed by atoms with Crippen molar-refractivity contribution in [3.05, 3.63) is 89.0 Å². The molecule has 0 spiro atoms. The molecule has 5 nitrogen and oxygen atoms in total. The van der Waals surface area contributed by atoms with E-state index in [0.29, 0.717) is 6.04 Å². The summed E-state index contributed by atoms with van der Waals surface area (Å²) in [5.74, 6) is 0.0144. The topological polar surface area (TPSA) is 67.2 Å².